The van der Waals surface area contributed by atoms with E-state index in [0.717, 1.165) is 16.8 Å². The Hall–Kier alpha value is -4.32. The molecule has 0 fully saturated rings. The van der Waals surface area contributed by atoms with Crippen LogP contribution in [-0.4, -0.2) is 22.2 Å². The van der Waals surface area contributed by atoms with Crippen molar-refractivity contribution in [2.45, 2.75) is 6.42 Å². The second kappa shape index (κ2) is 8.07. The maximum Gasteiger partial charge on any atom is 0.341 e. The van der Waals surface area contributed by atoms with Crippen molar-refractivity contribution in [3.8, 4) is 17.2 Å². The van der Waals surface area contributed by atoms with Crippen LogP contribution in [0, 0.1) is 0 Å². The zero-order valence-corrected chi connectivity index (χ0v) is 17.0. The molecule has 6 nitrogen and oxygen atoms in total. The van der Waals surface area contributed by atoms with E-state index in [4.69, 9.17) is 14.6 Å². The molecule has 6 heteroatoms. The maximum atomic E-state index is 13.3. The smallest absolute Gasteiger partial charge is 0.341 e. The number of carboxylic acids is 1. The molecule has 5 rings (SSSR count). The number of ether oxygens (including phenoxy) is 2. The number of hydrogen-bond donors (Lipinski definition) is 1. The lowest BCUT2D eigenvalue weighted by Gasteiger charge is -2.20. The van der Waals surface area contributed by atoms with Crippen LogP contribution < -0.4 is 14.9 Å². The van der Waals surface area contributed by atoms with E-state index in [9.17, 15) is 9.59 Å². The molecular weight excluding hydrogens is 406 g/mol. The van der Waals surface area contributed by atoms with Gasteiger partial charge in [-0.1, -0.05) is 36.4 Å². The lowest BCUT2D eigenvalue weighted by molar-refractivity contribution is -0.139. The highest BCUT2D eigenvalue weighted by Gasteiger charge is 2.20. The van der Waals surface area contributed by atoms with Crippen molar-refractivity contribution < 1.29 is 19.4 Å². The third-order valence-electron chi connectivity index (χ3n) is 5.34. The molecule has 0 bridgehead atoms. The number of carbonyl (C=O) groups is 1. The van der Waals surface area contributed by atoms with Crippen LogP contribution >= 0.6 is 0 Å². The molecule has 0 atom stereocenters. The molecule has 0 saturated carbocycles. The van der Waals surface area contributed by atoms with Gasteiger partial charge in [0.25, 0.3) is 0 Å². The number of pyridine rings is 1. The third-order valence-corrected chi connectivity index (χ3v) is 5.34. The fraction of sp³-hybridized carbons (Fsp3) is 0.0769. The van der Waals surface area contributed by atoms with Gasteiger partial charge in [-0.2, -0.15) is 0 Å². The Labute approximate surface area is 183 Å². The van der Waals surface area contributed by atoms with Crippen molar-refractivity contribution in [2.75, 3.05) is 6.61 Å². The monoisotopic (exact) mass is 425 g/mol. The number of para-hydroxylation sites is 2. The number of aliphatic carboxylic acids is 1. The minimum atomic E-state index is -1.05. The highest BCUT2D eigenvalue weighted by Crippen LogP contribution is 2.33. The summed E-state index contributed by atoms with van der Waals surface area (Å²) >= 11 is 0. The van der Waals surface area contributed by atoms with Gasteiger partial charge in [-0.25, -0.2) is 4.79 Å². The highest BCUT2D eigenvalue weighted by atomic mass is 16.5. The number of carboxylic acid groups (broad SMARTS) is 1. The average molecular weight is 425 g/mol. The molecule has 1 aliphatic rings. The number of benzene rings is 3. The summed E-state index contributed by atoms with van der Waals surface area (Å²) < 4.78 is 13.4. The molecule has 0 saturated heterocycles. The predicted octanol–water partition coefficient (Wildman–Crippen LogP) is 4.43. The molecule has 4 aromatic rings. The molecule has 0 radical (unpaired) electrons. The maximum absolute atomic E-state index is 13.3. The van der Waals surface area contributed by atoms with Gasteiger partial charge in [0.15, 0.2) is 12.0 Å². The van der Waals surface area contributed by atoms with Gasteiger partial charge in [-0.05, 0) is 48.4 Å². The van der Waals surface area contributed by atoms with Crippen molar-refractivity contribution in [1.82, 2.24) is 4.57 Å². The van der Waals surface area contributed by atoms with E-state index in [2.05, 4.69) is 0 Å². The van der Waals surface area contributed by atoms with Gasteiger partial charge in [0.2, 0.25) is 0 Å². The van der Waals surface area contributed by atoms with Crippen LogP contribution in [-0.2, 0) is 11.2 Å². The second-order valence-corrected chi connectivity index (χ2v) is 7.42. The Kier molecular flexibility index (Phi) is 4.95. The SMILES string of the molecule is O=C(O)COc1ccc2c(c1)OC(c1cn(-c3ccccc3)c3ccccc3c1=O)=CC2. The molecule has 158 valence electrons. The Morgan fingerprint density at radius 1 is 1.03 bits per heavy atom. The molecule has 32 heavy (non-hydrogen) atoms. The van der Waals surface area contributed by atoms with E-state index in [1.165, 1.54) is 0 Å². The largest absolute Gasteiger partial charge is 0.482 e. The number of allylic oxidation sites excluding steroid dienone is 1. The van der Waals surface area contributed by atoms with Crippen LogP contribution in [0.25, 0.3) is 22.3 Å². The van der Waals surface area contributed by atoms with Crippen molar-refractivity contribution in [3.63, 3.8) is 0 Å². The van der Waals surface area contributed by atoms with Gasteiger partial charge in [0.05, 0.1) is 11.1 Å². The van der Waals surface area contributed by atoms with Gasteiger partial charge >= 0.3 is 5.97 Å². The van der Waals surface area contributed by atoms with E-state index < -0.39 is 12.6 Å². The third kappa shape index (κ3) is 3.63. The normalized spacial score (nSPS) is 12.6. The summed E-state index contributed by atoms with van der Waals surface area (Å²) in [5.74, 6) is 0.354. The fourth-order valence-electron chi connectivity index (χ4n) is 3.82. The first-order chi connectivity index (χ1) is 15.6. The quantitative estimate of drug-likeness (QED) is 0.512. The highest BCUT2D eigenvalue weighted by molar-refractivity contribution is 5.84. The van der Waals surface area contributed by atoms with Crippen LogP contribution in [0.5, 0.6) is 11.5 Å². The van der Waals surface area contributed by atoms with Gasteiger partial charge in [-0.3, -0.25) is 4.79 Å². The number of rotatable bonds is 5. The zero-order valence-electron chi connectivity index (χ0n) is 17.0. The summed E-state index contributed by atoms with van der Waals surface area (Å²) in [4.78, 5) is 24.1. The Balaban J connectivity index is 1.58. The average Bonchev–Trinajstić information content (AvgIpc) is 2.83. The Morgan fingerprint density at radius 2 is 1.81 bits per heavy atom. The van der Waals surface area contributed by atoms with E-state index in [1.807, 2.05) is 77.5 Å². The van der Waals surface area contributed by atoms with Gasteiger partial charge < -0.3 is 19.1 Å². The van der Waals surface area contributed by atoms with Crippen molar-refractivity contribution in [1.29, 1.82) is 0 Å². The summed E-state index contributed by atoms with van der Waals surface area (Å²) in [6.07, 6.45) is 4.28. The second-order valence-electron chi connectivity index (χ2n) is 7.42. The summed E-state index contributed by atoms with van der Waals surface area (Å²) in [7, 11) is 0. The first kappa shape index (κ1) is 19.6. The van der Waals surface area contributed by atoms with E-state index in [1.54, 1.807) is 12.1 Å². The first-order valence-electron chi connectivity index (χ1n) is 10.2. The number of nitrogens with zero attached hydrogens (tertiary/aromatic N) is 1. The topological polar surface area (TPSA) is 77.8 Å². The van der Waals surface area contributed by atoms with E-state index >= 15 is 0 Å². The molecule has 0 amide bonds. The lowest BCUT2D eigenvalue weighted by Crippen LogP contribution is -2.17. The van der Waals surface area contributed by atoms with E-state index in [0.29, 0.717) is 34.6 Å². The van der Waals surface area contributed by atoms with E-state index in [-0.39, 0.29) is 5.43 Å². The zero-order chi connectivity index (χ0) is 22.1. The number of aromatic nitrogens is 1. The summed E-state index contributed by atoms with van der Waals surface area (Å²) in [5.41, 5.74) is 3.02. The number of fused-ring (bicyclic) bond motifs is 2. The van der Waals surface area contributed by atoms with Crippen LogP contribution in [0.15, 0.2) is 89.9 Å². The number of hydrogen-bond acceptors (Lipinski definition) is 4. The summed E-state index contributed by atoms with van der Waals surface area (Å²) in [6.45, 7) is -0.437. The van der Waals surface area contributed by atoms with Gasteiger partial charge in [0.1, 0.15) is 17.3 Å². The first-order valence-corrected chi connectivity index (χ1v) is 10.2. The van der Waals surface area contributed by atoms with Gasteiger partial charge in [-0.15, -0.1) is 0 Å². The molecule has 0 aliphatic carbocycles. The molecule has 1 aromatic heterocycles. The fourth-order valence-corrected chi connectivity index (χ4v) is 3.82. The summed E-state index contributed by atoms with van der Waals surface area (Å²) in [6, 6.07) is 22.5. The van der Waals surface area contributed by atoms with Crippen molar-refractivity contribution >= 4 is 22.6 Å². The van der Waals surface area contributed by atoms with Crippen LogP contribution in [0.3, 0.4) is 0 Å². The Bertz CT molecular complexity index is 1420. The minimum Gasteiger partial charge on any atom is -0.482 e. The molecule has 0 unspecified atom stereocenters. The van der Waals surface area contributed by atoms with Gasteiger partial charge in [0, 0.05) is 23.3 Å². The van der Waals surface area contributed by atoms with Crippen molar-refractivity contribution in [3.05, 3.63) is 106 Å². The lowest BCUT2D eigenvalue weighted by atomic mass is 10.0. The minimum absolute atomic E-state index is 0.110. The standard InChI is InChI=1S/C26H19NO5/c28-25(29)16-31-19-12-10-17-11-13-23(32-24(17)14-19)21-15-27(18-6-2-1-3-7-18)22-9-5-4-8-20(22)26(21)30/h1-10,12-15H,11,16H2,(H,28,29). The van der Waals surface area contributed by atoms with Crippen LogP contribution in [0.4, 0.5) is 0 Å². The van der Waals surface area contributed by atoms with Crippen molar-refractivity contribution in [2.24, 2.45) is 0 Å². The molecule has 0 spiro atoms. The van der Waals surface area contributed by atoms with Crippen LogP contribution in [0.1, 0.15) is 11.1 Å². The van der Waals surface area contributed by atoms with Crippen LogP contribution in [0.2, 0.25) is 0 Å². The summed E-state index contributed by atoms with van der Waals surface area (Å²) in [5, 5.41) is 9.44. The molecule has 3 aromatic carbocycles. The molecular formula is C26H19NO5. The Morgan fingerprint density at radius 3 is 2.62 bits per heavy atom. The molecule has 1 N–H and O–H groups in total. The molecule has 2 heterocycles. The molecule has 1 aliphatic heterocycles. The predicted molar refractivity (Wildman–Crippen MR) is 121 cm³/mol.